The number of hydrogen-bond acceptors (Lipinski definition) is 3. The van der Waals surface area contributed by atoms with Gasteiger partial charge in [-0.2, -0.15) is 0 Å². The summed E-state index contributed by atoms with van der Waals surface area (Å²) in [7, 11) is 1.67. The number of morpholine rings is 1. The highest BCUT2D eigenvalue weighted by Gasteiger charge is 2.41. The maximum absolute atomic E-state index is 12.2. The average molecular weight is 261 g/mol. The van der Waals surface area contributed by atoms with Gasteiger partial charge < -0.3 is 9.64 Å². The van der Waals surface area contributed by atoms with Crippen LogP contribution < -0.4 is 0 Å². The van der Waals surface area contributed by atoms with E-state index in [4.69, 9.17) is 4.74 Å². The summed E-state index contributed by atoms with van der Waals surface area (Å²) in [5, 5.41) is 0. The van der Waals surface area contributed by atoms with Crippen molar-refractivity contribution in [2.24, 2.45) is 5.92 Å². The van der Waals surface area contributed by atoms with Crippen LogP contribution in [0.4, 0.5) is 0 Å². The fourth-order valence-electron chi connectivity index (χ4n) is 2.46. The fraction of sp³-hybridized carbons (Fsp3) is 0.467. The number of carbonyl (C=O) groups is 2. The first kappa shape index (κ1) is 13.6. The zero-order valence-corrected chi connectivity index (χ0v) is 11.5. The zero-order valence-electron chi connectivity index (χ0n) is 11.5. The Hall–Kier alpha value is -1.84. The lowest BCUT2D eigenvalue weighted by Crippen LogP contribution is -2.57. The smallest absolute Gasteiger partial charge is 0.329 e. The Morgan fingerprint density at radius 3 is 2.42 bits per heavy atom. The number of rotatable bonds is 3. The van der Waals surface area contributed by atoms with Gasteiger partial charge in [0.15, 0.2) is 6.10 Å². The molecule has 19 heavy (non-hydrogen) atoms. The molecule has 2 rings (SSSR count). The van der Waals surface area contributed by atoms with Gasteiger partial charge in [0.05, 0.1) is 0 Å². The Kier molecular flexibility index (Phi) is 3.88. The van der Waals surface area contributed by atoms with Crippen molar-refractivity contribution in [3.8, 4) is 0 Å². The number of likely N-dealkylation sites (N-methyl/N-ethyl adjacent to an activating group) is 1. The Balaban J connectivity index is 2.13. The first-order chi connectivity index (χ1) is 9.00. The molecule has 0 aliphatic carbocycles. The van der Waals surface area contributed by atoms with Crippen LogP contribution in [0.2, 0.25) is 0 Å². The van der Waals surface area contributed by atoms with Gasteiger partial charge in [0.25, 0.3) is 5.91 Å². The molecule has 4 nitrogen and oxygen atoms in total. The summed E-state index contributed by atoms with van der Waals surface area (Å²) >= 11 is 0. The van der Waals surface area contributed by atoms with Gasteiger partial charge >= 0.3 is 5.97 Å². The number of nitrogens with zero attached hydrogens (tertiary/aromatic N) is 1. The van der Waals surface area contributed by atoms with Crippen LogP contribution in [-0.4, -0.2) is 36.0 Å². The second kappa shape index (κ2) is 5.43. The van der Waals surface area contributed by atoms with Crippen LogP contribution in [0, 0.1) is 5.92 Å². The van der Waals surface area contributed by atoms with Crippen molar-refractivity contribution in [2.75, 3.05) is 7.05 Å². The van der Waals surface area contributed by atoms with Crippen molar-refractivity contribution in [1.82, 2.24) is 4.90 Å². The van der Waals surface area contributed by atoms with E-state index in [1.807, 2.05) is 44.2 Å². The fourth-order valence-corrected chi connectivity index (χ4v) is 2.46. The molecular formula is C15H19NO3. The van der Waals surface area contributed by atoms with Crippen molar-refractivity contribution in [3.63, 3.8) is 0 Å². The second-order valence-electron chi connectivity index (χ2n) is 5.25. The molecule has 1 heterocycles. The largest absolute Gasteiger partial charge is 0.450 e. The van der Waals surface area contributed by atoms with Gasteiger partial charge in [0.1, 0.15) is 6.04 Å². The van der Waals surface area contributed by atoms with Crippen molar-refractivity contribution in [3.05, 3.63) is 35.9 Å². The number of ether oxygens (including phenoxy) is 1. The van der Waals surface area contributed by atoms with Crippen LogP contribution in [0.5, 0.6) is 0 Å². The van der Waals surface area contributed by atoms with Crippen LogP contribution in [0.15, 0.2) is 30.3 Å². The summed E-state index contributed by atoms with van der Waals surface area (Å²) in [6.07, 6.45) is -0.268. The van der Waals surface area contributed by atoms with E-state index in [-0.39, 0.29) is 17.8 Å². The molecule has 2 atom stereocenters. The summed E-state index contributed by atoms with van der Waals surface area (Å²) in [5.41, 5.74) is 0.991. The van der Waals surface area contributed by atoms with Gasteiger partial charge in [-0.1, -0.05) is 44.2 Å². The quantitative estimate of drug-likeness (QED) is 0.777. The van der Waals surface area contributed by atoms with Crippen LogP contribution in [-0.2, 0) is 20.7 Å². The van der Waals surface area contributed by atoms with Gasteiger partial charge in [0, 0.05) is 13.5 Å². The molecule has 102 valence electrons. The van der Waals surface area contributed by atoms with Gasteiger partial charge in [-0.3, -0.25) is 4.79 Å². The van der Waals surface area contributed by atoms with Gasteiger partial charge in [-0.05, 0) is 11.5 Å². The average Bonchev–Trinajstić information content (AvgIpc) is 2.36. The van der Waals surface area contributed by atoms with Gasteiger partial charge in [-0.25, -0.2) is 4.79 Å². The third-order valence-electron chi connectivity index (χ3n) is 3.44. The monoisotopic (exact) mass is 261 g/mol. The summed E-state index contributed by atoms with van der Waals surface area (Å²) in [4.78, 5) is 25.7. The van der Waals surface area contributed by atoms with E-state index in [0.717, 1.165) is 5.56 Å². The molecule has 1 aromatic rings. The summed E-state index contributed by atoms with van der Waals surface area (Å²) in [5.74, 6) is -0.376. The maximum atomic E-state index is 12.2. The number of benzene rings is 1. The van der Waals surface area contributed by atoms with Crippen LogP contribution in [0.1, 0.15) is 19.4 Å². The van der Waals surface area contributed by atoms with Gasteiger partial charge in [-0.15, -0.1) is 0 Å². The summed E-state index contributed by atoms with van der Waals surface area (Å²) in [6, 6.07) is 9.11. The van der Waals surface area contributed by atoms with E-state index in [2.05, 4.69) is 0 Å². The van der Waals surface area contributed by atoms with E-state index in [0.29, 0.717) is 6.42 Å². The van der Waals surface area contributed by atoms with E-state index in [1.165, 1.54) is 4.90 Å². The minimum absolute atomic E-state index is 0.0547. The van der Waals surface area contributed by atoms with Crippen molar-refractivity contribution < 1.29 is 14.3 Å². The predicted octanol–water partition coefficient (Wildman–Crippen LogP) is 1.64. The molecule has 0 radical (unpaired) electrons. The molecule has 0 unspecified atom stereocenters. The first-order valence-electron chi connectivity index (χ1n) is 6.51. The Morgan fingerprint density at radius 1 is 1.21 bits per heavy atom. The highest BCUT2D eigenvalue weighted by molar-refractivity contribution is 5.92. The lowest BCUT2D eigenvalue weighted by atomic mass is 9.98. The lowest BCUT2D eigenvalue weighted by Gasteiger charge is -2.37. The molecule has 1 aliphatic rings. The van der Waals surface area contributed by atoms with Crippen LogP contribution in [0.25, 0.3) is 0 Å². The number of esters is 1. The number of amides is 1. The topological polar surface area (TPSA) is 46.6 Å². The number of hydrogen-bond donors (Lipinski definition) is 0. The van der Waals surface area contributed by atoms with Crippen molar-refractivity contribution >= 4 is 11.9 Å². The van der Waals surface area contributed by atoms with E-state index >= 15 is 0 Å². The SMILES string of the molecule is CC(C)[C@@H]1C(=O)O[C@@H](Cc2ccccc2)C(=O)N1C. The molecule has 0 bridgehead atoms. The van der Waals surface area contributed by atoms with Crippen molar-refractivity contribution in [1.29, 1.82) is 0 Å². The van der Waals surface area contributed by atoms with E-state index in [1.54, 1.807) is 7.05 Å². The third-order valence-corrected chi connectivity index (χ3v) is 3.44. The molecule has 1 fully saturated rings. The standard InChI is InChI=1S/C15H19NO3/c1-10(2)13-15(18)19-12(14(17)16(13)3)9-11-7-5-4-6-8-11/h4-8,10,12-13H,9H2,1-3H3/t12-,13+/m0/s1. The Bertz CT molecular complexity index is 470. The second-order valence-corrected chi connectivity index (χ2v) is 5.25. The molecule has 0 spiro atoms. The lowest BCUT2D eigenvalue weighted by molar-refractivity contribution is -0.178. The number of cyclic esters (lactones) is 1. The van der Waals surface area contributed by atoms with E-state index < -0.39 is 12.1 Å². The summed E-state index contributed by atoms with van der Waals surface area (Å²) in [6.45, 7) is 3.82. The molecule has 1 aromatic carbocycles. The van der Waals surface area contributed by atoms with Gasteiger partial charge in [0.2, 0.25) is 0 Å². The predicted molar refractivity (Wildman–Crippen MR) is 71.4 cm³/mol. The molecule has 1 amide bonds. The Morgan fingerprint density at radius 2 is 1.84 bits per heavy atom. The molecular weight excluding hydrogens is 242 g/mol. The highest BCUT2D eigenvalue weighted by Crippen LogP contribution is 2.21. The molecule has 1 saturated heterocycles. The minimum Gasteiger partial charge on any atom is -0.450 e. The molecule has 0 N–H and O–H groups in total. The highest BCUT2D eigenvalue weighted by atomic mass is 16.6. The van der Waals surface area contributed by atoms with Crippen molar-refractivity contribution in [2.45, 2.75) is 32.4 Å². The number of carbonyl (C=O) groups excluding carboxylic acids is 2. The van der Waals surface area contributed by atoms with E-state index in [9.17, 15) is 9.59 Å². The van der Waals surface area contributed by atoms with Crippen LogP contribution in [0.3, 0.4) is 0 Å². The molecule has 1 aliphatic heterocycles. The third kappa shape index (κ3) is 2.78. The summed E-state index contributed by atoms with van der Waals surface area (Å²) < 4.78 is 5.32. The molecule has 4 heteroatoms. The zero-order chi connectivity index (χ0) is 14.0. The molecule has 0 saturated carbocycles. The Labute approximate surface area is 113 Å². The first-order valence-corrected chi connectivity index (χ1v) is 6.51. The normalized spacial score (nSPS) is 23.7. The maximum Gasteiger partial charge on any atom is 0.329 e. The molecule has 0 aromatic heterocycles. The van der Waals surface area contributed by atoms with Crippen LogP contribution >= 0.6 is 0 Å². The minimum atomic E-state index is -0.699.